The highest BCUT2D eigenvalue weighted by atomic mass is 35.5. The average molecular weight is 459 g/mol. The first-order valence-electron chi connectivity index (χ1n) is 11.0. The number of carbonyl (C=O) groups is 1. The summed E-state index contributed by atoms with van der Waals surface area (Å²) in [5.41, 5.74) is 2.19. The van der Waals surface area contributed by atoms with Crippen LogP contribution in [0.25, 0.3) is 16.5 Å². The maximum Gasteiger partial charge on any atom is 0.272 e. The molecule has 1 atom stereocenters. The molecule has 2 aromatic carbocycles. The molecule has 2 aromatic heterocycles. The summed E-state index contributed by atoms with van der Waals surface area (Å²) < 4.78 is 1.61. The van der Waals surface area contributed by atoms with E-state index < -0.39 is 6.04 Å². The van der Waals surface area contributed by atoms with E-state index in [4.69, 9.17) is 11.6 Å². The quantitative estimate of drug-likeness (QED) is 0.447. The highest BCUT2D eigenvalue weighted by Crippen LogP contribution is 2.32. The van der Waals surface area contributed by atoms with Crippen LogP contribution in [0.15, 0.2) is 71.8 Å². The molecule has 0 saturated heterocycles. The molecule has 4 aromatic rings. The standard InChI is InChI=1S/C26H23ClN4O2/c1-16(30-25(32)24-21(14-17-10-11-17)28-12-13-29-24)22-15-18-6-5-9-20(27)23(18)26(33)31(22)19-7-3-2-4-8-19/h2-9,12-13,15-17H,10-11,14H2,1H3,(H,30,32)/t16-/m0/s1. The molecular formula is C26H23ClN4O2. The Hall–Kier alpha value is -3.51. The van der Waals surface area contributed by atoms with E-state index in [1.54, 1.807) is 16.8 Å². The minimum atomic E-state index is -0.468. The molecule has 1 saturated carbocycles. The van der Waals surface area contributed by atoms with Crippen molar-refractivity contribution in [1.82, 2.24) is 19.9 Å². The van der Waals surface area contributed by atoms with Crippen molar-refractivity contribution in [3.8, 4) is 5.69 Å². The molecule has 33 heavy (non-hydrogen) atoms. The van der Waals surface area contributed by atoms with Gasteiger partial charge in [-0.15, -0.1) is 0 Å². The van der Waals surface area contributed by atoms with Gasteiger partial charge in [0.1, 0.15) is 5.69 Å². The van der Waals surface area contributed by atoms with E-state index in [1.807, 2.05) is 55.5 Å². The van der Waals surface area contributed by atoms with Crippen molar-refractivity contribution in [1.29, 1.82) is 0 Å². The number of pyridine rings is 1. The van der Waals surface area contributed by atoms with Gasteiger partial charge in [-0.3, -0.25) is 19.1 Å². The number of carbonyl (C=O) groups excluding carboxylic acids is 1. The van der Waals surface area contributed by atoms with Gasteiger partial charge in [0.15, 0.2) is 0 Å². The zero-order valence-electron chi connectivity index (χ0n) is 18.2. The van der Waals surface area contributed by atoms with E-state index in [9.17, 15) is 9.59 Å². The number of hydrogen-bond acceptors (Lipinski definition) is 4. The van der Waals surface area contributed by atoms with Crippen LogP contribution in [-0.4, -0.2) is 20.4 Å². The fraction of sp³-hybridized carbons (Fsp3) is 0.231. The van der Waals surface area contributed by atoms with Crippen molar-refractivity contribution in [2.24, 2.45) is 5.92 Å². The Labute approximate surface area is 196 Å². The van der Waals surface area contributed by atoms with Crippen LogP contribution in [0, 0.1) is 5.92 Å². The molecule has 6 nitrogen and oxygen atoms in total. The lowest BCUT2D eigenvalue weighted by Crippen LogP contribution is -2.33. The van der Waals surface area contributed by atoms with E-state index in [1.165, 1.54) is 6.20 Å². The number of aromatic nitrogens is 3. The van der Waals surface area contributed by atoms with Crippen LogP contribution < -0.4 is 10.9 Å². The lowest BCUT2D eigenvalue weighted by atomic mass is 10.1. The Kier molecular flexibility index (Phi) is 5.68. The lowest BCUT2D eigenvalue weighted by molar-refractivity contribution is 0.0932. The number of nitrogens with zero attached hydrogens (tertiary/aromatic N) is 3. The second kappa shape index (κ2) is 8.79. The minimum Gasteiger partial charge on any atom is -0.343 e. The molecule has 0 aliphatic heterocycles. The van der Waals surface area contributed by atoms with Crippen LogP contribution in [0.4, 0.5) is 0 Å². The van der Waals surface area contributed by atoms with Crippen molar-refractivity contribution in [3.05, 3.63) is 99.4 Å². The van der Waals surface area contributed by atoms with Gasteiger partial charge in [-0.2, -0.15) is 0 Å². The van der Waals surface area contributed by atoms with Crippen molar-refractivity contribution < 1.29 is 4.79 Å². The summed E-state index contributed by atoms with van der Waals surface area (Å²) in [4.78, 5) is 35.4. The molecule has 0 unspecified atom stereocenters. The smallest absolute Gasteiger partial charge is 0.272 e. The monoisotopic (exact) mass is 458 g/mol. The molecule has 7 heteroatoms. The summed E-state index contributed by atoms with van der Waals surface area (Å²) >= 11 is 6.38. The van der Waals surface area contributed by atoms with Crippen molar-refractivity contribution >= 4 is 28.3 Å². The molecule has 0 radical (unpaired) electrons. The molecule has 2 heterocycles. The Morgan fingerprint density at radius 2 is 1.88 bits per heavy atom. The molecule has 1 N–H and O–H groups in total. The van der Waals surface area contributed by atoms with Gasteiger partial charge in [0.05, 0.1) is 22.1 Å². The highest BCUT2D eigenvalue weighted by Gasteiger charge is 2.26. The molecular weight excluding hydrogens is 436 g/mol. The first kappa shape index (κ1) is 21.3. The van der Waals surface area contributed by atoms with E-state index in [0.29, 0.717) is 33.4 Å². The zero-order chi connectivity index (χ0) is 22.9. The maximum absolute atomic E-state index is 13.6. The third-order valence-electron chi connectivity index (χ3n) is 6.00. The number of amides is 1. The van der Waals surface area contributed by atoms with Gasteiger partial charge in [-0.05, 0) is 61.8 Å². The number of nitrogens with one attached hydrogen (secondary N) is 1. The summed E-state index contributed by atoms with van der Waals surface area (Å²) in [6, 6.07) is 16.2. The maximum atomic E-state index is 13.6. The Bertz CT molecular complexity index is 1400. The second-order valence-corrected chi connectivity index (χ2v) is 8.85. The molecule has 1 aliphatic rings. The van der Waals surface area contributed by atoms with Gasteiger partial charge in [0.2, 0.25) is 0 Å². The number of benzene rings is 2. The fourth-order valence-electron chi connectivity index (χ4n) is 4.14. The van der Waals surface area contributed by atoms with Crippen molar-refractivity contribution in [2.45, 2.75) is 32.2 Å². The van der Waals surface area contributed by atoms with Crippen LogP contribution in [-0.2, 0) is 6.42 Å². The van der Waals surface area contributed by atoms with Gasteiger partial charge < -0.3 is 5.32 Å². The normalized spacial score (nSPS) is 14.2. The van der Waals surface area contributed by atoms with Gasteiger partial charge in [0.25, 0.3) is 11.5 Å². The first-order valence-corrected chi connectivity index (χ1v) is 11.4. The highest BCUT2D eigenvalue weighted by molar-refractivity contribution is 6.35. The number of hydrogen-bond donors (Lipinski definition) is 1. The minimum absolute atomic E-state index is 0.227. The number of fused-ring (bicyclic) bond motifs is 1. The molecule has 1 aliphatic carbocycles. The van der Waals surface area contributed by atoms with E-state index in [0.717, 1.165) is 30.3 Å². The van der Waals surface area contributed by atoms with Crippen LogP contribution in [0.3, 0.4) is 0 Å². The Morgan fingerprint density at radius 3 is 2.64 bits per heavy atom. The predicted octanol–water partition coefficient (Wildman–Crippen LogP) is 4.88. The fourth-order valence-corrected chi connectivity index (χ4v) is 4.40. The predicted molar refractivity (Wildman–Crippen MR) is 129 cm³/mol. The van der Waals surface area contributed by atoms with Crippen molar-refractivity contribution in [3.63, 3.8) is 0 Å². The van der Waals surface area contributed by atoms with Crippen LogP contribution in [0.2, 0.25) is 5.02 Å². The Morgan fingerprint density at radius 1 is 1.12 bits per heavy atom. The third kappa shape index (κ3) is 4.26. The van der Waals surface area contributed by atoms with Gasteiger partial charge in [0, 0.05) is 23.8 Å². The Balaban J connectivity index is 1.57. The zero-order valence-corrected chi connectivity index (χ0v) is 18.9. The van der Waals surface area contributed by atoms with Gasteiger partial charge in [-0.25, -0.2) is 4.98 Å². The molecule has 5 rings (SSSR count). The number of para-hydroxylation sites is 1. The van der Waals surface area contributed by atoms with Gasteiger partial charge >= 0.3 is 0 Å². The lowest BCUT2D eigenvalue weighted by Gasteiger charge is -2.21. The number of rotatable bonds is 6. The SMILES string of the molecule is C[C@H](NC(=O)c1nccnc1CC1CC1)c1cc2cccc(Cl)c2c(=O)n1-c1ccccc1. The summed E-state index contributed by atoms with van der Waals surface area (Å²) in [5.74, 6) is 0.281. The van der Waals surface area contributed by atoms with E-state index in [2.05, 4.69) is 15.3 Å². The second-order valence-electron chi connectivity index (χ2n) is 8.44. The molecule has 0 bridgehead atoms. The summed E-state index contributed by atoms with van der Waals surface area (Å²) in [7, 11) is 0. The first-order chi connectivity index (χ1) is 16.0. The topological polar surface area (TPSA) is 76.9 Å². The number of halogens is 1. The average Bonchev–Trinajstić information content (AvgIpc) is 3.63. The molecule has 1 fully saturated rings. The van der Waals surface area contributed by atoms with Crippen LogP contribution >= 0.6 is 11.6 Å². The van der Waals surface area contributed by atoms with E-state index in [-0.39, 0.29) is 11.5 Å². The largest absolute Gasteiger partial charge is 0.343 e. The summed E-state index contributed by atoms with van der Waals surface area (Å²) in [6.07, 6.45) is 6.24. The van der Waals surface area contributed by atoms with E-state index >= 15 is 0 Å². The van der Waals surface area contributed by atoms with Crippen molar-refractivity contribution in [2.75, 3.05) is 0 Å². The molecule has 0 spiro atoms. The molecule has 166 valence electrons. The van der Waals surface area contributed by atoms with Gasteiger partial charge in [-0.1, -0.05) is 41.9 Å². The molecule has 1 amide bonds. The van der Waals surface area contributed by atoms with Crippen LogP contribution in [0.1, 0.15) is 47.7 Å². The summed E-state index contributed by atoms with van der Waals surface area (Å²) in [6.45, 7) is 1.86. The van der Waals surface area contributed by atoms with Crippen LogP contribution in [0.5, 0.6) is 0 Å². The third-order valence-corrected chi connectivity index (χ3v) is 6.31. The summed E-state index contributed by atoms with van der Waals surface area (Å²) in [5, 5.41) is 4.60.